The quantitative estimate of drug-likeness (QED) is 0.157. The Morgan fingerprint density at radius 2 is 1.58 bits per heavy atom. The van der Waals surface area contributed by atoms with Gasteiger partial charge in [-0.25, -0.2) is 4.39 Å². The molecule has 3 nitrogen and oxygen atoms in total. The molecule has 6 atom stereocenters. The Labute approximate surface area is 252 Å². The summed E-state index contributed by atoms with van der Waals surface area (Å²) in [6.07, 6.45) is 2.71. The molecule has 43 heavy (non-hydrogen) atoms. The number of ketones is 1. The Hall–Kier alpha value is -1.77. The summed E-state index contributed by atoms with van der Waals surface area (Å²) in [4.78, 5) is 15.1. The van der Waals surface area contributed by atoms with Gasteiger partial charge in [0.05, 0.1) is 0 Å². The van der Waals surface area contributed by atoms with E-state index >= 15 is 4.39 Å². The number of aromatic hydroxyl groups is 1. The maximum Gasteiger partial charge on any atom is 0.453 e. The highest BCUT2D eigenvalue weighted by molar-refractivity contribution is 5.87. The van der Waals surface area contributed by atoms with Crippen molar-refractivity contribution in [1.29, 1.82) is 0 Å². The van der Waals surface area contributed by atoms with Gasteiger partial charge in [0.1, 0.15) is 17.7 Å². The molecule has 4 rings (SSSR count). The van der Waals surface area contributed by atoms with Crippen LogP contribution in [0.4, 0.5) is 26.3 Å². The second kappa shape index (κ2) is 14.1. The normalized spacial score (nSPS) is 29.0. The second-order valence-corrected chi connectivity index (χ2v) is 13.9. The molecule has 2 unspecified atom stereocenters. The molecule has 1 N–H and O–H groups in total. The Kier molecular flexibility index (Phi) is 11.2. The molecule has 0 saturated heterocycles. The van der Waals surface area contributed by atoms with Crippen LogP contribution in [0.15, 0.2) is 18.2 Å². The highest BCUT2D eigenvalue weighted by Gasteiger charge is 2.60. The fourth-order valence-corrected chi connectivity index (χ4v) is 8.49. The zero-order chi connectivity index (χ0) is 31.4. The van der Waals surface area contributed by atoms with Crippen molar-refractivity contribution in [3.8, 4) is 5.75 Å². The van der Waals surface area contributed by atoms with Gasteiger partial charge in [-0.3, -0.25) is 4.79 Å². The molecule has 2 saturated carbocycles. The van der Waals surface area contributed by atoms with Crippen molar-refractivity contribution in [2.24, 2.45) is 23.2 Å². The zero-order valence-corrected chi connectivity index (χ0v) is 25.7. The summed E-state index contributed by atoms with van der Waals surface area (Å²) < 4.78 is 78.4. The van der Waals surface area contributed by atoms with Gasteiger partial charge in [-0.15, -0.1) is 0 Å². The maximum atomic E-state index is 15.9. The number of fused-ring (bicyclic) bond motifs is 5. The van der Waals surface area contributed by atoms with E-state index in [0.717, 1.165) is 82.0 Å². The van der Waals surface area contributed by atoms with E-state index in [0.29, 0.717) is 31.6 Å². The molecule has 0 aromatic heterocycles. The van der Waals surface area contributed by atoms with Gasteiger partial charge in [-0.05, 0) is 106 Å². The van der Waals surface area contributed by atoms with E-state index in [4.69, 9.17) is 0 Å². The van der Waals surface area contributed by atoms with E-state index in [1.165, 1.54) is 0 Å². The third-order valence-corrected chi connectivity index (χ3v) is 10.8. The first-order valence-corrected chi connectivity index (χ1v) is 16.4. The standard InChI is InChI=1S/C34H49F6NO2/c1-32-22-28(35)31-26-14-13-25(42)21-24(26)20-23(30(31)27(32)15-16-29(32)43)12-8-7-11-19-41(2)18-10-6-4-3-5-9-17-33(36,37)34(38,39)40/h13-14,21,23,27-28,30-31,42H,3-12,15-20,22H2,1-2H3/t23?,27-,28?,30-,31-,32-/m0/s1. The molecule has 0 amide bonds. The van der Waals surface area contributed by atoms with Crippen LogP contribution in [-0.2, 0) is 11.2 Å². The minimum atomic E-state index is -5.46. The molecular weight excluding hydrogens is 568 g/mol. The van der Waals surface area contributed by atoms with E-state index in [9.17, 15) is 31.9 Å². The van der Waals surface area contributed by atoms with Crippen LogP contribution >= 0.6 is 0 Å². The van der Waals surface area contributed by atoms with Crippen molar-refractivity contribution in [2.45, 2.75) is 127 Å². The van der Waals surface area contributed by atoms with Gasteiger partial charge >= 0.3 is 12.1 Å². The highest BCUT2D eigenvalue weighted by atomic mass is 19.4. The Morgan fingerprint density at radius 3 is 2.26 bits per heavy atom. The summed E-state index contributed by atoms with van der Waals surface area (Å²) in [5.74, 6) is -3.68. The summed E-state index contributed by atoms with van der Waals surface area (Å²) in [6, 6.07) is 5.38. The molecule has 1 aromatic carbocycles. The minimum absolute atomic E-state index is 0.115. The largest absolute Gasteiger partial charge is 0.508 e. The van der Waals surface area contributed by atoms with Crippen LogP contribution in [0.3, 0.4) is 0 Å². The van der Waals surface area contributed by atoms with Gasteiger partial charge in [-0.2, -0.15) is 22.0 Å². The van der Waals surface area contributed by atoms with Crippen LogP contribution < -0.4 is 0 Å². The SMILES string of the molecule is CN(CCCCCCCCC(F)(F)C(F)(F)F)CCCCCC1Cc2cc(O)ccc2[C@H]2C(F)C[C@]3(C)C(=O)CC[C@H]3[C@H]12. The van der Waals surface area contributed by atoms with Crippen LogP contribution in [-0.4, -0.2) is 54.2 Å². The molecule has 244 valence electrons. The average Bonchev–Trinajstić information content (AvgIpc) is 3.22. The lowest BCUT2D eigenvalue weighted by atomic mass is 9.51. The number of benzene rings is 1. The molecule has 2 fully saturated rings. The molecule has 1 aromatic rings. The van der Waals surface area contributed by atoms with E-state index in [1.54, 1.807) is 12.1 Å². The lowest BCUT2D eigenvalue weighted by Crippen LogP contribution is -2.50. The number of phenolic OH excluding ortho intramolecular Hbond substituents is 1. The number of carbonyl (C=O) groups is 1. The number of unbranched alkanes of at least 4 members (excludes halogenated alkanes) is 7. The van der Waals surface area contributed by atoms with E-state index < -0.39 is 30.1 Å². The first-order chi connectivity index (χ1) is 20.2. The van der Waals surface area contributed by atoms with Crippen molar-refractivity contribution >= 4 is 5.78 Å². The summed E-state index contributed by atoms with van der Waals surface area (Å²) in [7, 11) is 2.08. The number of hydrogen-bond donors (Lipinski definition) is 1. The number of alkyl halides is 6. The van der Waals surface area contributed by atoms with Crippen LogP contribution in [0, 0.1) is 23.2 Å². The molecule has 0 radical (unpaired) electrons. The van der Waals surface area contributed by atoms with Crippen molar-refractivity contribution in [3.05, 3.63) is 29.3 Å². The zero-order valence-electron chi connectivity index (χ0n) is 25.7. The highest BCUT2D eigenvalue weighted by Crippen LogP contribution is 2.62. The van der Waals surface area contributed by atoms with Crippen molar-refractivity contribution in [3.63, 3.8) is 0 Å². The molecule has 0 bridgehead atoms. The predicted octanol–water partition coefficient (Wildman–Crippen LogP) is 9.41. The number of carbonyl (C=O) groups excluding carboxylic acids is 1. The number of hydrogen-bond acceptors (Lipinski definition) is 3. The fraction of sp³-hybridized carbons (Fsp3) is 0.794. The molecule has 0 spiro atoms. The topological polar surface area (TPSA) is 40.5 Å². The number of halogens is 6. The molecular formula is C34H49F6NO2. The Balaban J connectivity index is 1.16. The molecule has 0 aliphatic heterocycles. The van der Waals surface area contributed by atoms with E-state index in [1.807, 2.05) is 13.0 Å². The first kappa shape index (κ1) is 34.1. The average molecular weight is 618 g/mol. The van der Waals surface area contributed by atoms with Crippen molar-refractivity contribution in [1.82, 2.24) is 4.90 Å². The van der Waals surface area contributed by atoms with Crippen LogP contribution in [0.2, 0.25) is 0 Å². The minimum Gasteiger partial charge on any atom is -0.508 e. The lowest BCUT2D eigenvalue weighted by Gasteiger charge is -2.53. The number of rotatable bonds is 15. The predicted molar refractivity (Wildman–Crippen MR) is 156 cm³/mol. The Morgan fingerprint density at radius 1 is 0.953 bits per heavy atom. The first-order valence-electron chi connectivity index (χ1n) is 16.4. The molecule has 0 heterocycles. The van der Waals surface area contributed by atoms with Gasteiger partial charge in [0.2, 0.25) is 0 Å². The Bertz CT molecular complexity index is 1080. The summed E-state index contributed by atoms with van der Waals surface area (Å²) >= 11 is 0. The maximum absolute atomic E-state index is 15.9. The van der Waals surface area contributed by atoms with Gasteiger partial charge in [0, 0.05) is 24.2 Å². The molecule has 3 aliphatic carbocycles. The number of nitrogens with zero attached hydrogens (tertiary/aromatic N) is 1. The van der Waals surface area contributed by atoms with E-state index in [-0.39, 0.29) is 35.7 Å². The van der Waals surface area contributed by atoms with Crippen molar-refractivity contribution < 1.29 is 36.2 Å². The number of Topliss-reactive ketones (excluding diaryl/α,β-unsaturated/α-hetero) is 1. The van der Waals surface area contributed by atoms with Crippen LogP contribution in [0.25, 0.3) is 0 Å². The monoisotopic (exact) mass is 617 g/mol. The lowest BCUT2D eigenvalue weighted by molar-refractivity contribution is -0.284. The summed E-state index contributed by atoms with van der Waals surface area (Å²) in [5.41, 5.74) is 1.52. The second-order valence-electron chi connectivity index (χ2n) is 13.9. The van der Waals surface area contributed by atoms with Crippen LogP contribution in [0.1, 0.15) is 114 Å². The van der Waals surface area contributed by atoms with Gasteiger partial charge in [0.25, 0.3) is 0 Å². The fourth-order valence-electron chi connectivity index (χ4n) is 8.49. The molecule has 3 aliphatic rings. The third kappa shape index (κ3) is 7.91. The smallest absolute Gasteiger partial charge is 0.453 e. The van der Waals surface area contributed by atoms with Gasteiger partial charge < -0.3 is 10.0 Å². The third-order valence-electron chi connectivity index (χ3n) is 10.8. The molecule has 9 heteroatoms. The summed E-state index contributed by atoms with van der Waals surface area (Å²) in [6.45, 7) is 3.88. The van der Waals surface area contributed by atoms with E-state index in [2.05, 4.69) is 11.9 Å². The van der Waals surface area contributed by atoms with Gasteiger partial charge in [0.15, 0.2) is 0 Å². The summed E-state index contributed by atoms with van der Waals surface area (Å²) in [5, 5.41) is 10.1. The van der Waals surface area contributed by atoms with Crippen molar-refractivity contribution in [2.75, 3.05) is 20.1 Å². The number of phenols is 1. The van der Waals surface area contributed by atoms with Gasteiger partial charge in [-0.1, -0.05) is 51.5 Å². The van der Waals surface area contributed by atoms with Crippen LogP contribution in [0.5, 0.6) is 5.75 Å².